The second kappa shape index (κ2) is 4.59. The zero-order valence-electron chi connectivity index (χ0n) is 9.09. The molecule has 1 fully saturated rings. The Hall–Kier alpha value is -0.810. The Kier molecular flexibility index (Phi) is 3.35. The van der Waals surface area contributed by atoms with Gasteiger partial charge in [-0.2, -0.15) is 0 Å². The molecule has 0 radical (unpaired) electrons. The lowest BCUT2D eigenvalue weighted by atomic mass is 9.86. The lowest BCUT2D eigenvalue weighted by molar-refractivity contribution is -0.151. The van der Waals surface area contributed by atoms with E-state index in [1.807, 2.05) is 0 Å². The van der Waals surface area contributed by atoms with Crippen molar-refractivity contribution in [2.24, 2.45) is 0 Å². The Balaban J connectivity index is 2.37. The molecule has 0 spiro atoms. The largest absolute Gasteiger partial charge is 0.467 e. The average Bonchev–Trinajstić information content (AvgIpc) is 2.76. The first-order valence-electron chi connectivity index (χ1n) is 5.28. The van der Waals surface area contributed by atoms with Gasteiger partial charge < -0.3 is 9.15 Å². The molecular weight excluding hydrogens is 274 g/mol. The summed E-state index contributed by atoms with van der Waals surface area (Å²) in [6.07, 6.45) is 2.76. The highest BCUT2D eigenvalue weighted by Gasteiger charge is 2.45. The number of rotatable bonds is 2. The highest BCUT2D eigenvalue weighted by Crippen LogP contribution is 2.33. The number of ether oxygens (including phenoxy) is 1. The lowest BCUT2D eigenvalue weighted by Crippen LogP contribution is -2.52. The van der Waals surface area contributed by atoms with Crippen LogP contribution in [0.3, 0.4) is 0 Å². The predicted molar refractivity (Wildman–Crippen MR) is 62.0 cm³/mol. The molecule has 0 aliphatic carbocycles. The van der Waals surface area contributed by atoms with Crippen LogP contribution in [0.15, 0.2) is 21.2 Å². The third-order valence-corrected chi connectivity index (χ3v) is 3.36. The average molecular weight is 288 g/mol. The summed E-state index contributed by atoms with van der Waals surface area (Å²) in [5, 5.41) is 3.22. The summed E-state index contributed by atoms with van der Waals surface area (Å²) in [6, 6.07) is 3.59. The fourth-order valence-corrected chi connectivity index (χ4v) is 2.41. The van der Waals surface area contributed by atoms with E-state index >= 15 is 0 Å². The molecule has 4 nitrogen and oxygen atoms in total. The van der Waals surface area contributed by atoms with Crippen LogP contribution in [0.2, 0.25) is 0 Å². The lowest BCUT2D eigenvalue weighted by Gasteiger charge is -2.33. The Labute approximate surface area is 102 Å². The molecule has 16 heavy (non-hydrogen) atoms. The maximum Gasteiger partial charge on any atom is 0.334 e. The van der Waals surface area contributed by atoms with Crippen LogP contribution < -0.4 is 5.32 Å². The number of esters is 1. The minimum absolute atomic E-state index is 0.283. The van der Waals surface area contributed by atoms with E-state index in [-0.39, 0.29) is 5.97 Å². The van der Waals surface area contributed by atoms with E-state index in [1.54, 1.807) is 12.1 Å². The second-order valence-corrected chi connectivity index (χ2v) is 4.67. The molecule has 88 valence electrons. The number of piperidine rings is 1. The monoisotopic (exact) mass is 287 g/mol. The number of furan rings is 1. The van der Waals surface area contributed by atoms with Crippen molar-refractivity contribution in [2.45, 2.75) is 24.8 Å². The minimum atomic E-state index is -0.807. The zero-order chi connectivity index (χ0) is 11.6. The molecule has 5 heteroatoms. The molecule has 0 saturated carbocycles. The molecule has 0 amide bonds. The first-order valence-corrected chi connectivity index (χ1v) is 6.07. The molecule has 1 aliphatic rings. The molecule has 1 saturated heterocycles. The molecule has 1 N–H and O–H groups in total. The molecule has 1 aromatic rings. The fraction of sp³-hybridized carbons (Fsp3) is 0.545. The highest BCUT2D eigenvalue weighted by molar-refractivity contribution is 9.10. The van der Waals surface area contributed by atoms with Gasteiger partial charge in [0.05, 0.1) is 7.11 Å². The third-order valence-electron chi connectivity index (χ3n) is 2.93. The van der Waals surface area contributed by atoms with E-state index < -0.39 is 5.54 Å². The number of hydrogen-bond donors (Lipinski definition) is 1. The first-order chi connectivity index (χ1) is 7.69. The van der Waals surface area contributed by atoms with Crippen molar-refractivity contribution in [3.05, 3.63) is 22.6 Å². The van der Waals surface area contributed by atoms with Gasteiger partial charge in [0.25, 0.3) is 0 Å². The van der Waals surface area contributed by atoms with Gasteiger partial charge in [-0.25, -0.2) is 4.79 Å². The topological polar surface area (TPSA) is 51.5 Å². The first kappa shape index (κ1) is 11.7. The van der Waals surface area contributed by atoms with Crippen LogP contribution in [-0.2, 0) is 15.1 Å². The van der Waals surface area contributed by atoms with E-state index in [4.69, 9.17) is 9.15 Å². The molecule has 1 aliphatic heterocycles. The van der Waals surface area contributed by atoms with E-state index in [0.29, 0.717) is 16.9 Å². The number of carbonyl (C=O) groups is 1. The van der Waals surface area contributed by atoms with E-state index in [2.05, 4.69) is 21.2 Å². The summed E-state index contributed by atoms with van der Waals surface area (Å²) in [7, 11) is 1.40. The number of halogens is 1. The van der Waals surface area contributed by atoms with Crippen LogP contribution in [-0.4, -0.2) is 19.6 Å². The normalized spacial score (nSPS) is 25.4. The Morgan fingerprint density at radius 2 is 2.38 bits per heavy atom. The summed E-state index contributed by atoms with van der Waals surface area (Å²) in [5.74, 6) is 0.333. The van der Waals surface area contributed by atoms with Crippen molar-refractivity contribution in [1.29, 1.82) is 0 Å². The SMILES string of the molecule is COC(=O)C1(c2ccc(Br)o2)CCCCN1. The molecule has 2 heterocycles. The smallest absolute Gasteiger partial charge is 0.334 e. The van der Waals surface area contributed by atoms with E-state index in [1.165, 1.54) is 7.11 Å². The second-order valence-electron chi connectivity index (χ2n) is 3.88. The van der Waals surface area contributed by atoms with Crippen molar-refractivity contribution < 1.29 is 13.9 Å². The van der Waals surface area contributed by atoms with Crippen LogP contribution in [0.1, 0.15) is 25.0 Å². The van der Waals surface area contributed by atoms with Gasteiger partial charge in [0, 0.05) is 0 Å². The molecule has 2 rings (SSSR count). The molecular formula is C11H14BrNO3. The van der Waals surface area contributed by atoms with Crippen molar-refractivity contribution in [3.63, 3.8) is 0 Å². The van der Waals surface area contributed by atoms with Crippen molar-refractivity contribution >= 4 is 21.9 Å². The third kappa shape index (κ3) is 1.89. The van der Waals surface area contributed by atoms with Crippen LogP contribution in [0.4, 0.5) is 0 Å². The number of nitrogens with one attached hydrogen (secondary N) is 1. The quantitative estimate of drug-likeness (QED) is 0.847. The molecule has 0 aromatic carbocycles. The number of methoxy groups -OCH3 is 1. The van der Waals surface area contributed by atoms with E-state index in [9.17, 15) is 4.79 Å². The van der Waals surface area contributed by atoms with Crippen LogP contribution >= 0.6 is 15.9 Å². The zero-order valence-corrected chi connectivity index (χ0v) is 10.7. The summed E-state index contributed by atoms with van der Waals surface area (Å²) in [6.45, 7) is 0.799. The van der Waals surface area contributed by atoms with Gasteiger partial charge in [-0.15, -0.1) is 0 Å². The van der Waals surface area contributed by atoms with E-state index in [0.717, 1.165) is 19.4 Å². The molecule has 1 unspecified atom stereocenters. The summed E-state index contributed by atoms with van der Waals surface area (Å²) < 4.78 is 11.0. The highest BCUT2D eigenvalue weighted by atomic mass is 79.9. The van der Waals surface area contributed by atoms with Crippen molar-refractivity contribution in [2.75, 3.05) is 13.7 Å². The predicted octanol–water partition coefficient (Wildman–Crippen LogP) is 2.18. The number of hydrogen-bond acceptors (Lipinski definition) is 4. The van der Waals surface area contributed by atoms with Gasteiger partial charge in [-0.1, -0.05) is 0 Å². The maximum absolute atomic E-state index is 11.9. The molecule has 1 aromatic heterocycles. The minimum Gasteiger partial charge on any atom is -0.467 e. The van der Waals surface area contributed by atoms with Crippen LogP contribution in [0, 0.1) is 0 Å². The molecule has 1 atom stereocenters. The summed E-state index contributed by atoms with van der Waals surface area (Å²) >= 11 is 3.25. The van der Waals surface area contributed by atoms with Crippen LogP contribution in [0.5, 0.6) is 0 Å². The van der Waals surface area contributed by atoms with Gasteiger partial charge >= 0.3 is 5.97 Å². The van der Waals surface area contributed by atoms with Gasteiger partial charge in [0.2, 0.25) is 0 Å². The van der Waals surface area contributed by atoms with Crippen molar-refractivity contribution in [1.82, 2.24) is 5.32 Å². The van der Waals surface area contributed by atoms with Gasteiger partial charge in [0.15, 0.2) is 10.2 Å². The Bertz CT molecular complexity index is 382. The number of carbonyl (C=O) groups excluding carboxylic acids is 1. The molecule has 0 bridgehead atoms. The van der Waals surface area contributed by atoms with Gasteiger partial charge in [0.1, 0.15) is 5.76 Å². The maximum atomic E-state index is 11.9. The van der Waals surface area contributed by atoms with Gasteiger partial charge in [-0.05, 0) is 53.9 Å². The Morgan fingerprint density at radius 3 is 2.88 bits per heavy atom. The van der Waals surface area contributed by atoms with Crippen LogP contribution in [0.25, 0.3) is 0 Å². The fourth-order valence-electron chi connectivity index (χ4n) is 2.11. The van der Waals surface area contributed by atoms with Crippen molar-refractivity contribution in [3.8, 4) is 0 Å². The standard InChI is InChI=1S/C11H14BrNO3/c1-15-10(14)11(6-2-3-7-13-11)8-4-5-9(12)16-8/h4-5,13H,2-3,6-7H2,1H3. The Morgan fingerprint density at radius 1 is 1.56 bits per heavy atom. The summed E-state index contributed by atoms with van der Waals surface area (Å²) in [5.41, 5.74) is -0.807. The van der Waals surface area contributed by atoms with Gasteiger partial charge in [-0.3, -0.25) is 5.32 Å². The summed E-state index contributed by atoms with van der Waals surface area (Å²) in [4.78, 5) is 11.9.